The molecule has 4 aromatic rings. The predicted molar refractivity (Wildman–Crippen MR) is 144 cm³/mol. The molecule has 2 N–H and O–H groups in total. The molecule has 3 aromatic carbocycles. The number of aliphatic hydroxyl groups is 1. The van der Waals surface area contributed by atoms with Crippen LogP contribution in [0.25, 0.3) is 16.0 Å². The summed E-state index contributed by atoms with van der Waals surface area (Å²) < 4.78 is 11.8. The van der Waals surface area contributed by atoms with E-state index in [1.807, 2.05) is 6.92 Å². The summed E-state index contributed by atoms with van der Waals surface area (Å²) in [5, 5.41) is 22.5. The molecule has 8 nitrogen and oxygen atoms in total. The van der Waals surface area contributed by atoms with Gasteiger partial charge in [-0.25, -0.2) is 4.98 Å². The number of aromatic nitrogens is 1. The normalized spacial score (nSPS) is 20.1. The number of ether oxygens (including phenoxy) is 2. The first kappa shape index (κ1) is 24.3. The fourth-order valence-corrected chi connectivity index (χ4v) is 6.19. The molecule has 2 aliphatic heterocycles. The van der Waals surface area contributed by atoms with E-state index >= 15 is 0 Å². The number of phenols is 1. The number of fused-ring (bicyclic) bond motifs is 2. The van der Waals surface area contributed by atoms with Gasteiger partial charge < -0.3 is 19.7 Å². The maximum Gasteiger partial charge on any atom is 0.301 e. The molecule has 10 heteroatoms. The van der Waals surface area contributed by atoms with Crippen LogP contribution < -0.4 is 14.4 Å². The van der Waals surface area contributed by atoms with Crippen molar-refractivity contribution in [3.63, 3.8) is 0 Å². The largest absolute Gasteiger partial charge is 0.507 e. The number of benzene rings is 3. The molecular weight excluding hydrogens is 528 g/mol. The molecule has 1 saturated heterocycles. The van der Waals surface area contributed by atoms with E-state index in [9.17, 15) is 19.8 Å². The van der Waals surface area contributed by atoms with E-state index in [0.29, 0.717) is 28.1 Å². The van der Waals surface area contributed by atoms with Crippen molar-refractivity contribution in [2.45, 2.75) is 25.5 Å². The predicted octanol–water partition coefficient (Wildman–Crippen LogP) is 5.61. The highest BCUT2D eigenvalue weighted by molar-refractivity contribution is 7.22. The number of anilines is 1. The van der Waals surface area contributed by atoms with Gasteiger partial charge in [-0.1, -0.05) is 29.0 Å². The molecule has 0 unspecified atom stereocenters. The van der Waals surface area contributed by atoms with Crippen molar-refractivity contribution in [1.29, 1.82) is 0 Å². The van der Waals surface area contributed by atoms with Crippen LogP contribution in [0, 0.1) is 0 Å². The van der Waals surface area contributed by atoms with Crippen LogP contribution in [-0.2, 0) is 16.0 Å². The third kappa shape index (κ3) is 3.86. The molecular formula is C28H21ClN2O6S. The van der Waals surface area contributed by atoms with Gasteiger partial charge in [0.25, 0.3) is 5.78 Å². The van der Waals surface area contributed by atoms with Gasteiger partial charge in [0.1, 0.15) is 17.6 Å². The monoisotopic (exact) mass is 548 g/mol. The van der Waals surface area contributed by atoms with Crippen LogP contribution in [0.3, 0.4) is 0 Å². The third-order valence-corrected chi connectivity index (χ3v) is 7.93. The minimum Gasteiger partial charge on any atom is -0.507 e. The van der Waals surface area contributed by atoms with Gasteiger partial charge in [-0.15, -0.1) is 0 Å². The summed E-state index contributed by atoms with van der Waals surface area (Å²) in [5.41, 5.74) is 2.28. The number of carbonyl (C=O) groups excluding carboxylic acids is 2. The Kier molecular flexibility index (Phi) is 5.77. The zero-order chi connectivity index (χ0) is 26.7. The number of nitrogens with zero attached hydrogens (tertiary/aromatic N) is 2. The minimum atomic E-state index is -1.02. The van der Waals surface area contributed by atoms with Crippen LogP contribution in [0.2, 0.25) is 5.02 Å². The van der Waals surface area contributed by atoms with Crippen molar-refractivity contribution < 1.29 is 29.3 Å². The number of halogens is 1. The van der Waals surface area contributed by atoms with E-state index in [1.165, 1.54) is 35.5 Å². The number of carbonyl (C=O) groups is 2. The molecule has 1 fully saturated rings. The molecule has 0 aliphatic carbocycles. The lowest BCUT2D eigenvalue weighted by Gasteiger charge is -2.23. The van der Waals surface area contributed by atoms with Crippen LogP contribution in [0.15, 0.2) is 60.2 Å². The lowest BCUT2D eigenvalue weighted by atomic mass is 9.94. The molecule has 1 amide bonds. The first-order valence-electron chi connectivity index (χ1n) is 11.8. The van der Waals surface area contributed by atoms with Crippen molar-refractivity contribution in [3.05, 3.63) is 81.9 Å². The second kappa shape index (κ2) is 9.04. The maximum absolute atomic E-state index is 13.5. The van der Waals surface area contributed by atoms with Crippen molar-refractivity contribution in [2.75, 3.05) is 12.0 Å². The highest BCUT2D eigenvalue weighted by atomic mass is 35.5. The number of methoxy groups -OCH3 is 1. The number of ketones is 1. The Morgan fingerprint density at radius 2 is 1.97 bits per heavy atom. The SMILES string of the molecule is COc1cc([C@@H]2C(=C(O)c3ccc4c(c3)C[C@H](C)O4)C(=O)C(=O)N2c2nc3ccc(Cl)cc3s2)ccc1O. The Morgan fingerprint density at radius 1 is 1.16 bits per heavy atom. The van der Waals surface area contributed by atoms with Gasteiger partial charge in [-0.05, 0) is 66.6 Å². The standard InChI is InChI=1S/C28H21ClN2O6S/c1-13-9-16-10-15(4-8-20(16)37-13)25(33)23-24(14-3-7-19(32)21(11-14)36-2)31(27(35)26(23)34)28-30-18-6-5-17(29)12-22(18)38-28/h3-8,10-13,24,32-33H,9H2,1-2H3/t13-,24+/m0/s1. The topological polar surface area (TPSA) is 109 Å². The summed E-state index contributed by atoms with van der Waals surface area (Å²) in [5.74, 6) is -1.20. The second-order valence-electron chi connectivity index (χ2n) is 9.16. The quantitative estimate of drug-likeness (QED) is 0.194. The van der Waals surface area contributed by atoms with Crippen molar-refractivity contribution in [1.82, 2.24) is 4.98 Å². The average molecular weight is 549 g/mol. The number of rotatable bonds is 4. The van der Waals surface area contributed by atoms with Gasteiger partial charge in [0, 0.05) is 17.0 Å². The van der Waals surface area contributed by atoms with Crippen molar-refractivity contribution >= 4 is 55.7 Å². The average Bonchev–Trinajstić information content (AvgIpc) is 3.56. The molecule has 6 rings (SSSR count). The fourth-order valence-electron chi connectivity index (χ4n) is 4.92. The Balaban J connectivity index is 1.55. The van der Waals surface area contributed by atoms with Gasteiger partial charge in [0.15, 0.2) is 16.6 Å². The van der Waals surface area contributed by atoms with Crippen LogP contribution in [0.1, 0.15) is 29.7 Å². The zero-order valence-electron chi connectivity index (χ0n) is 20.3. The molecule has 2 atom stereocenters. The fraction of sp³-hybridized carbons (Fsp3) is 0.179. The van der Waals surface area contributed by atoms with Crippen LogP contribution in [0.5, 0.6) is 17.2 Å². The number of phenolic OH excluding ortho intramolecular Hbond substituents is 1. The Morgan fingerprint density at radius 3 is 2.76 bits per heavy atom. The van der Waals surface area contributed by atoms with Gasteiger partial charge in [-0.2, -0.15) is 0 Å². The van der Waals surface area contributed by atoms with E-state index < -0.39 is 17.7 Å². The lowest BCUT2D eigenvalue weighted by molar-refractivity contribution is -0.132. The maximum atomic E-state index is 13.5. The number of amides is 1. The first-order valence-corrected chi connectivity index (χ1v) is 13.0. The first-order chi connectivity index (χ1) is 18.2. The lowest BCUT2D eigenvalue weighted by Crippen LogP contribution is -2.29. The number of thiazole rings is 1. The molecule has 0 saturated carbocycles. The van der Waals surface area contributed by atoms with E-state index in [4.69, 9.17) is 21.1 Å². The Bertz CT molecular complexity index is 1680. The highest BCUT2D eigenvalue weighted by Crippen LogP contribution is 2.46. The summed E-state index contributed by atoms with van der Waals surface area (Å²) in [6.45, 7) is 1.95. The Hall–Kier alpha value is -4.08. The van der Waals surface area contributed by atoms with Crippen LogP contribution >= 0.6 is 22.9 Å². The third-order valence-electron chi connectivity index (χ3n) is 6.68. The summed E-state index contributed by atoms with van der Waals surface area (Å²) in [7, 11) is 1.40. The zero-order valence-corrected chi connectivity index (χ0v) is 21.8. The van der Waals surface area contributed by atoms with Crippen molar-refractivity contribution in [3.8, 4) is 17.2 Å². The molecule has 2 aliphatic rings. The molecule has 1 aromatic heterocycles. The summed E-state index contributed by atoms with van der Waals surface area (Å²) in [6.07, 6.45) is 0.669. The van der Waals surface area contributed by atoms with Gasteiger partial charge in [-0.3, -0.25) is 14.5 Å². The molecule has 0 bridgehead atoms. The van der Waals surface area contributed by atoms with E-state index in [0.717, 1.165) is 16.0 Å². The number of aliphatic hydroxyl groups excluding tert-OH is 1. The molecule has 0 spiro atoms. The van der Waals surface area contributed by atoms with Crippen LogP contribution in [-0.4, -0.2) is 40.1 Å². The number of hydrogen-bond donors (Lipinski definition) is 2. The smallest absolute Gasteiger partial charge is 0.301 e. The molecule has 0 radical (unpaired) electrons. The summed E-state index contributed by atoms with van der Waals surface area (Å²) >= 11 is 7.36. The molecule has 192 valence electrons. The summed E-state index contributed by atoms with van der Waals surface area (Å²) in [6, 6.07) is 13.9. The molecule has 3 heterocycles. The number of aromatic hydroxyl groups is 1. The van der Waals surface area contributed by atoms with Crippen LogP contribution in [0.4, 0.5) is 5.13 Å². The number of Topliss-reactive ketones (excluding diaryl/α,β-unsaturated/α-hetero) is 1. The summed E-state index contributed by atoms with van der Waals surface area (Å²) in [4.78, 5) is 32.9. The van der Waals surface area contributed by atoms with Gasteiger partial charge >= 0.3 is 5.91 Å². The van der Waals surface area contributed by atoms with Gasteiger partial charge in [0.05, 0.1) is 28.9 Å². The highest BCUT2D eigenvalue weighted by Gasteiger charge is 2.48. The Labute approximate surface area is 226 Å². The molecule has 38 heavy (non-hydrogen) atoms. The van der Waals surface area contributed by atoms with Crippen molar-refractivity contribution in [2.24, 2.45) is 0 Å². The van der Waals surface area contributed by atoms with E-state index in [1.54, 1.807) is 42.5 Å². The van der Waals surface area contributed by atoms with E-state index in [2.05, 4.69) is 4.98 Å². The van der Waals surface area contributed by atoms with E-state index in [-0.39, 0.29) is 34.1 Å². The second-order valence-corrected chi connectivity index (χ2v) is 10.6. The minimum absolute atomic E-state index is 0.00461. The number of hydrogen-bond acceptors (Lipinski definition) is 8. The van der Waals surface area contributed by atoms with Gasteiger partial charge in [0.2, 0.25) is 0 Å².